The third-order valence-corrected chi connectivity index (χ3v) is 3.68. The van der Waals surface area contributed by atoms with Gasteiger partial charge in [0, 0.05) is 5.57 Å². The Morgan fingerprint density at radius 2 is 1.56 bits per heavy atom. The maximum absolute atomic E-state index is 13.2. The van der Waals surface area contributed by atoms with Gasteiger partial charge in [0.05, 0.1) is 4.48 Å². The lowest BCUT2D eigenvalue weighted by Gasteiger charge is -2.01. The van der Waals surface area contributed by atoms with Gasteiger partial charge in [0.15, 0.2) is 0 Å². The SMILES string of the molecule is FC1(F)C(Br)=C1c1ccc2ccccc2c1. The standard InChI is InChI=1S/C13H7BrF2/c14-12-11(13(12,15)16)10-6-5-8-3-1-2-4-9(8)7-10/h1-7H. The fourth-order valence-corrected chi connectivity index (χ4v) is 2.44. The van der Waals surface area contributed by atoms with Crippen LogP contribution in [0.2, 0.25) is 0 Å². The van der Waals surface area contributed by atoms with E-state index in [1.54, 1.807) is 12.1 Å². The van der Waals surface area contributed by atoms with Crippen molar-refractivity contribution in [3.05, 3.63) is 52.5 Å². The molecule has 0 radical (unpaired) electrons. The molecule has 2 aromatic carbocycles. The Morgan fingerprint density at radius 1 is 0.938 bits per heavy atom. The van der Waals surface area contributed by atoms with Gasteiger partial charge in [0.2, 0.25) is 0 Å². The van der Waals surface area contributed by atoms with E-state index in [0.29, 0.717) is 5.56 Å². The number of rotatable bonds is 1. The Bertz CT molecular complexity index is 614. The van der Waals surface area contributed by atoms with E-state index in [-0.39, 0.29) is 10.1 Å². The van der Waals surface area contributed by atoms with Crippen LogP contribution in [0.1, 0.15) is 5.56 Å². The summed E-state index contributed by atoms with van der Waals surface area (Å²) in [4.78, 5) is 0. The van der Waals surface area contributed by atoms with Crippen molar-refractivity contribution < 1.29 is 8.78 Å². The van der Waals surface area contributed by atoms with Crippen molar-refractivity contribution in [1.29, 1.82) is 0 Å². The molecule has 1 aliphatic carbocycles. The van der Waals surface area contributed by atoms with Gasteiger partial charge in [-0.15, -0.1) is 0 Å². The molecule has 0 heterocycles. The molecule has 0 nitrogen and oxygen atoms in total. The number of hydrogen-bond acceptors (Lipinski definition) is 0. The van der Waals surface area contributed by atoms with Crippen molar-refractivity contribution in [1.82, 2.24) is 0 Å². The van der Waals surface area contributed by atoms with Crippen molar-refractivity contribution in [2.45, 2.75) is 5.92 Å². The number of hydrogen-bond donors (Lipinski definition) is 0. The summed E-state index contributed by atoms with van der Waals surface area (Å²) in [6.45, 7) is 0. The number of alkyl halides is 2. The van der Waals surface area contributed by atoms with Crippen LogP contribution in [-0.2, 0) is 0 Å². The van der Waals surface area contributed by atoms with Gasteiger partial charge in [-0.2, -0.15) is 8.78 Å². The van der Waals surface area contributed by atoms with Crippen LogP contribution < -0.4 is 0 Å². The first-order valence-electron chi connectivity index (χ1n) is 4.88. The summed E-state index contributed by atoms with van der Waals surface area (Å²) in [6, 6.07) is 13.1. The Hall–Kier alpha value is -1.22. The molecule has 1 aliphatic rings. The van der Waals surface area contributed by atoms with Gasteiger partial charge in [-0.1, -0.05) is 36.4 Å². The van der Waals surface area contributed by atoms with E-state index in [1.165, 1.54) is 0 Å². The van der Waals surface area contributed by atoms with Crippen molar-refractivity contribution in [2.24, 2.45) is 0 Å². The highest BCUT2D eigenvalue weighted by Gasteiger charge is 2.55. The normalized spacial score (nSPS) is 17.9. The summed E-state index contributed by atoms with van der Waals surface area (Å²) < 4.78 is 26.3. The molecular formula is C13H7BrF2. The lowest BCUT2D eigenvalue weighted by atomic mass is 10.1. The minimum Gasteiger partial charge on any atom is -0.195 e. The molecule has 0 aromatic heterocycles. The molecule has 80 valence electrons. The number of halogens is 3. The average molecular weight is 281 g/mol. The van der Waals surface area contributed by atoms with Crippen molar-refractivity contribution in [2.75, 3.05) is 0 Å². The number of allylic oxidation sites excluding steroid dienone is 2. The third-order valence-electron chi connectivity index (χ3n) is 2.78. The molecular weight excluding hydrogens is 274 g/mol. The zero-order valence-corrected chi connectivity index (χ0v) is 9.76. The number of benzene rings is 2. The average Bonchev–Trinajstić information content (AvgIpc) is 2.78. The molecule has 0 saturated heterocycles. The monoisotopic (exact) mass is 280 g/mol. The van der Waals surface area contributed by atoms with Gasteiger partial charge < -0.3 is 0 Å². The third kappa shape index (κ3) is 1.31. The van der Waals surface area contributed by atoms with Crippen LogP contribution in [0.3, 0.4) is 0 Å². The largest absolute Gasteiger partial charge is 0.306 e. The highest BCUT2D eigenvalue weighted by molar-refractivity contribution is 9.12. The van der Waals surface area contributed by atoms with Crippen LogP contribution in [0.25, 0.3) is 16.3 Å². The second kappa shape index (κ2) is 3.14. The molecule has 0 aliphatic heterocycles. The van der Waals surface area contributed by atoms with E-state index in [1.807, 2.05) is 30.3 Å². The highest BCUT2D eigenvalue weighted by Crippen LogP contribution is 2.58. The van der Waals surface area contributed by atoms with Crippen LogP contribution in [0, 0.1) is 0 Å². The lowest BCUT2D eigenvalue weighted by molar-refractivity contribution is 0.157. The summed E-state index contributed by atoms with van der Waals surface area (Å²) in [6.07, 6.45) is 0. The van der Waals surface area contributed by atoms with Crippen molar-refractivity contribution in [3.63, 3.8) is 0 Å². The van der Waals surface area contributed by atoms with Crippen LogP contribution in [0.5, 0.6) is 0 Å². The van der Waals surface area contributed by atoms with Crippen LogP contribution >= 0.6 is 15.9 Å². The Labute approximate surface area is 99.7 Å². The maximum atomic E-state index is 13.2. The van der Waals surface area contributed by atoms with Gasteiger partial charge >= 0.3 is 5.92 Å². The summed E-state index contributed by atoms with van der Waals surface area (Å²) in [5.74, 6) is -2.76. The molecule has 0 bridgehead atoms. The summed E-state index contributed by atoms with van der Waals surface area (Å²) in [7, 11) is 0. The predicted molar refractivity (Wildman–Crippen MR) is 64.7 cm³/mol. The summed E-state index contributed by atoms with van der Waals surface area (Å²) in [5, 5.41) is 2.04. The predicted octanol–water partition coefficient (Wildman–Crippen LogP) is 4.59. The van der Waals surface area contributed by atoms with E-state index in [2.05, 4.69) is 15.9 Å². The van der Waals surface area contributed by atoms with Gasteiger partial charge in [-0.05, 0) is 38.3 Å². The molecule has 0 amide bonds. The molecule has 0 spiro atoms. The highest BCUT2D eigenvalue weighted by atomic mass is 79.9. The fraction of sp³-hybridized carbons (Fsp3) is 0.0769. The summed E-state index contributed by atoms with van der Waals surface area (Å²) >= 11 is 2.90. The summed E-state index contributed by atoms with van der Waals surface area (Å²) in [5.41, 5.74) is 0.703. The van der Waals surface area contributed by atoms with Gasteiger partial charge in [-0.3, -0.25) is 0 Å². The first-order chi connectivity index (χ1) is 7.60. The minimum absolute atomic E-state index is 0.00952. The number of fused-ring (bicyclic) bond motifs is 1. The van der Waals surface area contributed by atoms with Crippen molar-refractivity contribution >= 4 is 32.3 Å². The molecule has 0 atom stereocenters. The topological polar surface area (TPSA) is 0 Å². The van der Waals surface area contributed by atoms with Crippen LogP contribution in [0.15, 0.2) is 46.9 Å². The van der Waals surface area contributed by atoms with Crippen LogP contribution in [-0.4, -0.2) is 5.92 Å². The molecule has 3 rings (SSSR count). The molecule has 0 fully saturated rings. The molecule has 3 heteroatoms. The molecule has 0 N–H and O–H groups in total. The second-order valence-electron chi connectivity index (χ2n) is 3.83. The molecule has 0 saturated carbocycles. The Balaban J connectivity index is 2.14. The Morgan fingerprint density at radius 3 is 2.19 bits per heavy atom. The quantitative estimate of drug-likeness (QED) is 0.717. The first kappa shape index (κ1) is 9.97. The second-order valence-corrected chi connectivity index (χ2v) is 4.62. The van der Waals surface area contributed by atoms with E-state index >= 15 is 0 Å². The van der Waals surface area contributed by atoms with Gasteiger partial charge in [0.25, 0.3) is 0 Å². The molecule has 0 unspecified atom stereocenters. The van der Waals surface area contributed by atoms with Crippen LogP contribution in [0.4, 0.5) is 8.78 Å². The van der Waals surface area contributed by atoms with E-state index in [0.717, 1.165) is 10.8 Å². The van der Waals surface area contributed by atoms with E-state index < -0.39 is 5.92 Å². The van der Waals surface area contributed by atoms with Gasteiger partial charge in [0.1, 0.15) is 0 Å². The zero-order chi connectivity index (χ0) is 11.3. The molecule has 2 aromatic rings. The van der Waals surface area contributed by atoms with E-state index in [4.69, 9.17) is 0 Å². The Kier molecular flexibility index (Phi) is 1.96. The fourth-order valence-electron chi connectivity index (χ4n) is 1.86. The first-order valence-corrected chi connectivity index (χ1v) is 5.68. The lowest BCUT2D eigenvalue weighted by Crippen LogP contribution is -1.94. The zero-order valence-electron chi connectivity index (χ0n) is 8.18. The van der Waals surface area contributed by atoms with Gasteiger partial charge in [-0.25, -0.2) is 0 Å². The minimum atomic E-state index is -2.76. The van der Waals surface area contributed by atoms with Crippen molar-refractivity contribution in [3.8, 4) is 0 Å². The van der Waals surface area contributed by atoms with E-state index in [9.17, 15) is 8.78 Å². The maximum Gasteiger partial charge on any atom is 0.306 e. The molecule has 16 heavy (non-hydrogen) atoms. The smallest absolute Gasteiger partial charge is 0.195 e.